The Morgan fingerprint density at radius 2 is 0.974 bits per heavy atom. The van der Waals surface area contributed by atoms with Gasteiger partial charge < -0.3 is 0 Å². The first-order valence-corrected chi connectivity index (χ1v) is 13.4. The summed E-state index contributed by atoms with van der Waals surface area (Å²) in [6, 6.07) is 54.3. The Morgan fingerprint density at radius 3 is 1.66 bits per heavy atom. The Hall–Kier alpha value is -4.39. The van der Waals surface area contributed by atoms with Crippen molar-refractivity contribution in [2.24, 2.45) is 0 Å². The monoisotopic (exact) mass is 504 g/mol. The van der Waals surface area contributed by atoms with Crippen LogP contribution in [0.3, 0.4) is 0 Å². The van der Waals surface area contributed by atoms with E-state index in [9.17, 15) is 0 Å². The van der Waals surface area contributed by atoms with Gasteiger partial charge in [0.05, 0.1) is 5.41 Å². The first kappa shape index (κ1) is 22.8. The van der Waals surface area contributed by atoms with Crippen LogP contribution in [-0.2, 0) is 5.41 Å². The molecule has 0 saturated carbocycles. The van der Waals surface area contributed by atoms with Crippen molar-refractivity contribution in [2.75, 3.05) is 0 Å². The summed E-state index contributed by atoms with van der Waals surface area (Å²) >= 11 is 6.73. The molecule has 0 radical (unpaired) electrons. The maximum absolute atomic E-state index is 6.73. The van der Waals surface area contributed by atoms with E-state index in [2.05, 4.69) is 146 Å². The van der Waals surface area contributed by atoms with Crippen LogP contribution in [0.2, 0.25) is 5.02 Å². The lowest BCUT2D eigenvalue weighted by Crippen LogP contribution is -2.28. The molecule has 1 unspecified atom stereocenters. The zero-order chi connectivity index (χ0) is 25.5. The Labute approximate surface area is 228 Å². The molecule has 0 N–H and O–H groups in total. The fourth-order valence-electron chi connectivity index (χ4n) is 6.22. The molecule has 6 aromatic carbocycles. The van der Waals surface area contributed by atoms with E-state index in [1.165, 1.54) is 55.6 Å². The maximum Gasteiger partial charge on any atom is 0.0714 e. The SMILES string of the molecule is Clc1ccc2c(c1)C(c1ccccc1)(c1ccc(-c3ccccc3)cc1)c1cccc(-c3ccccc3)c1-2. The van der Waals surface area contributed by atoms with Crippen molar-refractivity contribution >= 4 is 11.6 Å². The van der Waals surface area contributed by atoms with Gasteiger partial charge in [-0.05, 0) is 67.8 Å². The lowest BCUT2D eigenvalue weighted by molar-refractivity contribution is 0.769. The molecular formula is C37H25Cl. The van der Waals surface area contributed by atoms with Gasteiger partial charge in [-0.2, -0.15) is 0 Å². The van der Waals surface area contributed by atoms with Crippen molar-refractivity contribution in [3.05, 3.63) is 179 Å². The van der Waals surface area contributed by atoms with Crippen LogP contribution in [0.1, 0.15) is 22.3 Å². The minimum absolute atomic E-state index is 0.489. The van der Waals surface area contributed by atoms with Crippen molar-refractivity contribution in [3.8, 4) is 33.4 Å². The van der Waals surface area contributed by atoms with Crippen LogP contribution in [0.25, 0.3) is 33.4 Å². The third-order valence-electron chi connectivity index (χ3n) is 7.84. The van der Waals surface area contributed by atoms with E-state index in [-0.39, 0.29) is 0 Å². The summed E-state index contributed by atoms with van der Waals surface area (Å²) in [5.74, 6) is 0. The average molecular weight is 505 g/mol. The summed E-state index contributed by atoms with van der Waals surface area (Å²) in [5, 5.41) is 0.749. The topological polar surface area (TPSA) is 0 Å². The van der Waals surface area contributed by atoms with Crippen LogP contribution < -0.4 is 0 Å². The van der Waals surface area contributed by atoms with E-state index in [4.69, 9.17) is 11.6 Å². The number of rotatable bonds is 4. The van der Waals surface area contributed by atoms with Crippen LogP contribution in [0, 0.1) is 0 Å². The third kappa shape index (κ3) is 3.45. The van der Waals surface area contributed by atoms with E-state index in [1.54, 1.807) is 0 Å². The number of benzene rings is 6. The number of hydrogen-bond donors (Lipinski definition) is 0. The molecule has 0 aromatic heterocycles. The Kier molecular flexibility index (Phi) is 5.50. The van der Waals surface area contributed by atoms with Gasteiger partial charge >= 0.3 is 0 Å². The molecule has 0 amide bonds. The Morgan fingerprint density at radius 1 is 0.395 bits per heavy atom. The minimum atomic E-state index is -0.489. The van der Waals surface area contributed by atoms with Crippen LogP contribution in [-0.4, -0.2) is 0 Å². The van der Waals surface area contributed by atoms with Crippen molar-refractivity contribution in [1.29, 1.82) is 0 Å². The number of hydrogen-bond acceptors (Lipinski definition) is 0. The van der Waals surface area contributed by atoms with Gasteiger partial charge in [-0.15, -0.1) is 0 Å². The van der Waals surface area contributed by atoms with E-state index in [1.807, 2.05) is 6.07 Å². The van der Waals surface area contributed by atoms with E-state index < -0.39 is 5.41 Å². The molecule has 0 aliphatic heterocycles. The molecule has 0 nitrogen and oxygen atoms in total. The highest BCUT2D eigenvalue weighted by Crippen LogP contribution is 2.58. The summed E-state index contributed by atoms with van der Waals surface area (Å²) in [6.07, 6.45) is 0. The van der Waals surface area contributed by atoms with Crippen molar-refractivity contribution in [1.82, 2.24) is 0 Å². The molecule has 1 heteroatoms. The summed E-state index contributed by atoms with van der Waals surface area (Å²) < 4.78 is 0. The molecule has 1 atom stereocenters. The molecule has 1 aliphatic rings. The average Bonchev–Trinajstić information content (AvgIpc) is 3.29. The third-order valence-corrected chi connectivity index (χ3v) is 8.08. The summed E-state index contributed by atoms with van der Waals surface area (Å²) in [6.45, 7) is 0. The highest BCUT2D eigenvalue weighted by molar-refractivity contribution is 6.30. The largest absolute Gasteiger partial charge is 0.0843 e. The van der Waals surface area contributed by atoms with Gasteiger partial charge in [-0.1, -0.05) is 151 Å². The molecule has 7 rings (SSSR count). The first-order valence-electron chi connectivity index (χ1n) is 13.0. The van der Waals surface area contributed by atoms with Crippen molar-refractivity contribution < 1.29 is 0 Å². The second kappa shape index (κ2) is 9.17. The fourth-order valence-corrected chi connectivity index (χ4v) is 6.40. The normalized spacial score (nSPS) is 15.6. The number of fused-ring (bicyclic) bond motifs is 3. The predicted octanol–water partition coefficient (Wildman–Crippen LogP) is 10.0. The van der Waals surface area contributed by atoms with E-state index in [0.717, 1.165) is 5.02 Å². The second-order valence-electron chi connectivity index (χ2n) is 9.84. The maximum atomic E-state index is 6.73. The zero-order valence-electron chi connectivity index (χ0n) is 20.8. The van der Waals surface area contributed by atoms with Crippen molar-refractivity contribution in [3.63, 3.8) is 0 Å². The zero-order valence-corrected chi connectivity index (χ0v) is 21.6. The molecule has 0 saturated heterocycles. The summed E-state index contributed by atoms with van der Waals surface area (Å²) in [7, 11) is 0. The highest BCUT2D eigenvalue weighted by Gasteiger charge is 2.47. The molecule has 1 aliphatic carbocycles. The molecule has 38 heavy (non-hydrogen) atoms. The van der Waals surface area contributed by atoms with Gasteiger partial charge in [-0.3, -0.25) is 0 Å². The fraction of sp³-hybridized carbons (Fsp3) is 0.0270. The standard InChI is InChI=1S/C37H25Cl/c38-31-23-24-33-35(25-31)37(29-15-8-3-9-16-29,30-21-19-27(20-22-30)26-11-4-1-5-12-26)34-18-10-17-32(36(33)34)28-13-6-2-7-14-28/h1-25H. The smallest absolute Gasteiger partial charge is 0.0714 e. The Bertz CT molecular complexity index is 1740. The van der Waals surface area contributed by atoms with Gasteiger partial charge in [0.1, 0.15) is 0 Å². The molecule has 0 bridgehead atoms. The minimum Gasteiger partial charge on any atom is -0.0843 e. The van der Waals surface area contributed by atoms with Gasteiger partial charge in [0, 0.05) is 5.02 Å². The van der Waals surface area contributed by atoms with Gasteiger partial charge in [0.15, 0.2) is 0 Å². The van der Waals surface area contributed by atoms with Gasteiger partial charge in [0.2, 0.25) is 0 Å². The van der Waals surface area contributed by atoms with Crippen LogP contribution in [0.15, 0.2) is 152 Å². The van der Waals surface area contributed by atoms with Crippen LogP contribution in [0.4, 0.5) is 0 Å². The summed E-state index contributed by atoms with van der Waals surface area (Å²) in [5.41, 5.74) is 11.9. The van der Waals surface area contributed by atoms with Crippen LogP contribution in [0.5, 0.6) is 0 Å². The second-order valence-corrected chi connectivity index (χ2v) is 10.3. The molecular weight excluding hydrogens is 480 g/mol. The van der Waals surface area contributed by atoms with Crippen LogP contribution >= 0.6 is 11.6 Å². The molecule has 0 fully saturated rings. The quantitative estimate of drug-likeness (QED) is 0.223. The highest BCUT2D eigenvalue weighted by atomic mass is 35.5. The van der Waals surface area contributed by atoms with Gasteiger partial charge in [0.25, 0.3) is 0 Å². The van der Waals surface area contributed by atoms with E-state index in [0.29, 0.717) is 0 Å². The lowest BCUT2D eigenvalue weighted by Gasteiger charge is -2.34. The molecule has 180 valence electrons. The van der Waals surface area contributed by atoms with Crippen molar-refractivity contribution in [2.45, 2.75) is 5.41 Å². The number of halogens is 1. The summed E-state index contributed by atoms with van der Waals surface area (Å²) in [4.78, 5) is 0. The van der Waals surface area contributed by atoms with Gasteiger partial charge in [-0.25, -0.2) is 0 Å². The molecule has 0 heterocycles. The lowest BCUT2D eigenvalue weighted by atomic mass is 9.67. The predicted molar refractivity (Wildman–Crippen MR) is 160 cm³/mol. The molecule has 0 spiro atoms. The molecule has 6 aromatic rings. The Balaban J connectivity index is 1.56. The van der Waals surface area contributed by atoms with E-state index >= 15 is 0 Å². The first-order chi connectivity index (χ1) is 18.8.